The predicted octanol–water partition coefficient (Wildman–Crippen LogP) is 5.03. The first kappa shape index (κ1) is 16.6. The van der Waals surface area contributed by atoms with Crippen molar-refractivity contribution in [3.63, 3.8) is 0 Å². The quantitative estimate of drug-likeness (QED) is 0.715. The third-order valence-electron chi connectivity index (χ3n) is 3.20. The van der Waals surface area contributed by atoms with Crippen molar-refractivity contribution >= 4 is 31.9 Å². The van der Waals surface area contributed by atoms with Gasteiger partial charge in [0.05, 0.1) is 16.2 Å². The van der Waals surface area contributed by atoms with E-state index >= 15 is 0 Å². The van der Waals surface area contributed by atoms with Crippen LogP contribution in [0.2, 0.25) is 0 Å². The van der Waals surface area contributed by atoms with Crippen LogP contribution < -0.4 is 5.32 Å². The van der Waals surface area contributed by atoms with Gasteiger partial charge in [0.15, 0.2) is 0 Å². The maximum atomic E-state index is 13.6. The van der Waals surface area contributed by atoms with E-state index in [0.29, 0.717) is 10.9 Å². The standard InChI is InChI=1S/C16H17Br2FN2/c1-2-8-20-15(14-7-6-12(17)10-21-14)9-11-4-3-5-13(19)16(11)18/h3-7,10,15,20H,2,8-9H2,1H3. The number of benzene rings is 1. The van der Waals surface area contributed by atoms with Crippen LogP contribution >= 0.6 is 31.9 Å². The fourth-order valence-corrected chi connectivity index (χ4v) is 2.78. The lowest BCUT2D eigenvalue weighted by Crippen LogP contribution is -2.25. The first-order valence-electron chi connectivity index (χ1n) is 6.89. The van der Waals surface area contributed by atoms with Crippen molar-refractivity contribution in [2.24, 2.45) is 0 Å². The lowest BCUT2D eigenvalue weighted by Gasteiger charge is -2.19. The van der Waals surface area contributed by atoms with Crippen LogP contribution in [0.5, 0.6) is 0 Å². The Bertz CT molecular complexity index is 587. The highest BCUT2D eigenvalue weighted by Gasteiger charge is 2.15. The number of nitrogens with one attached hydrogen (secondary N) is 1. The van der Waals surface area contributed by atoms with Gasteiger partial charge in [-0.25, -0.2) is 4.39 Å². The number of aromatic nitrogens is 1. The monoisotopic (exact) mass is 414 g/mol. The van der Waals surface area contributed by atoms with E-state index in [1.165, 1.54) is 6.07 Å². The number of hydrogen-bond acceptors (Lipinski definition) is 2. The molecule has 0 aliphatic rings. The Hall–Kier alpha value is -0.780. The van der Waals surface area contributed by atoms with E-state index in [1.807, 2.05) is 18.2 Å². The Morgan fingerprint density at radius 3 is 2.71 bits per heavy atom. The molecule has 21 heavy (non-hydrogen) atoms. The molecule has 2 nitrogen and oxygen atoms in total. The summed E-state index contributed by atoms with van der Waals surface area (Å²) >= 11 is 6.73. The Kier molecular flexibility index (Phi) is 6.33. The van der Waals surface area contributed by atoms with E-state index in [4.69, 9.17) is 0 Å². The Morgan fingerprint density at radius 1 is 1.24 bits per heavy atom. The molecule has 1 N–H and O–H groups in total. The van der Waals surface area contributed by atoms with Crippen molar-refractivity contribution in [3.05, 3.63) is 62.5 Å². The van der Waals surface area contributed by atoms with Crippen LogP contribution in [0.4, 0.5) is 4.39 Å². The molecular formula is C16H17Br2FN2. The first-order chi connectivity index (χ1) is 10.1. The van der Waals surface area contributed by atoms with Gasteiger partial charge in [-0.1, -0.05) is 19.1 Å². The van der Waals surface area contributed by atoms with E-state index in [9.17, 15) is 4.39 Å². The molecule has 1 unspecified atom stereocenters. The summed E-state index contributed by atoms with van der Waals surface area (Å²) in [6, 6.07) is 9.17. The molecule has 0 amide bonds. The Labute approximate surface area is 141 Å². The van der Waals surface area contributed by atoms with Crippen molar-refractivity contribution in [3.8, 4) is 0 Å². The maximum Gasteiger partial charge on any atom is 0.137 e. The molecule has 0 spiro atoms. The van der Waals surface area contributed by atoms with Crippen molar-refractivity contribution < 1.29 is 4.39 Å². The normalized spacial score (nSPS) is 12.4. The average molecular weight is 416 g/mol. The molecule has 1 aromatic heterocycles. The highest BCUT2D eigenvalue weighted by atomic mass is 79.9. The van der Waals surface area contributed by atoms with Crippen molar-refractivity contribution in [1.82, 2.24) is 10.3 Å². The zero-order chi connectivity index (χ0) is 15.2. The molecule has 0 aliphatic carbocycles. The summed E-state index contributed by atoms with van der Waals surface area (Å²) in [7, 11) is 0. The van der Waals surface area contributed by atoms with Crippen LogP contribution in [0.15, 0.2) is 45.5 Å². The Balaban J connectivity index is 2.23. The van der Waals surface area contributed by atoms with Gasteiger partial charge in [0.2, 0.25) is 0 Å². The fraction of sp³-hybridized carbons (Fsp3) is 0.312. The topological polar surface area (TPSA) is 24.9 Å². The number of halogens is 3. The van der Waals surface area contributed by atoms with Crippen LogP contribution in [-0.4, -0.2) is 11.5 Å². The number of rotatable bonds is 6. The fourth-order valence-electron chi connectivity index (χ4n) is 2.12. The summed E-state index contributed by atoms with van der Waals surface area (Å²) in [6.45, 7) is 3.02. The third kappa shape index (κ3) is 4.59. The van der Waals surface area contributed by atoms with E-state index in [0.717, 1.165) is 28.7 Å². The second-order valence-electron chi connectivity index (χ2n) is 4.83. The molecule has 0 saturated heterocycles. The molecule has 0 radical (unpaired) electrons. The molecule has 1 heterocycles. The van der Waals surface area contributed by atoms with Gasteiger partial charge >= 0.3 is 0 Å². The smallest absolute Gasteiger partial charge is 0.137 e. The minimum atomic E-state index is -0.231. The molecule has 0 aliphatic heterocycles. The SMILES string of the molecule is CCCNC(Cc1cccc(F)c1Br)c1ccc(Br)cn1. The molecule has 0 bridgehead atoms. The van der Waals surface area contributed by atoms with Gasteiger partial charge in [0.1, 0.15) is 5.82 Å². The third-order valence-corrected chi connectivity index (χ3v) is 4.56. The second kappa shape index (κ2) is 8.01. The molecule has 5 heteroatoms. The number of hydrogen-bond donors (Lipinski definition) is 1. The van der Waals surface area contributed by atoms with E-state index in [-0.39, 0.29) is 11.9 Å². The van der Waals surface area contributed by atoms with Gasteiger partial charge in [-0.15, -0.1) is 0 Å². The predicted molar refractivity (Wildman–Crippen MR) is 90.8 cm³/mol. The molecule has 0 saturated carbocycles. The lowest BCUT2D eigenvalue weighted by atomic mass is 10.0. The largest absolute Gasteiger partial charge is 0.308 e. The van der Waals surface area contributed by atoms with Gasteiger partial charge < -0.3 is 5.32 Å². The minimum Gasteiger partial charge on any atom is -0.308 e. The summed E-state index contributed by atoms with van der Waals surface area (Å²) in [4.78, 5) is 4.46. The van der Waals surface area contributed by atoms with Gasteiger partial charge in [-0.05, 0) is 75.0 Å². The summed E-state index contributed by atoms with van der Waals surface area (Å²) in [6.07, 6.45) is 3.51. The Morgan fingerprint density at radius 2 is 2.05 bits per heavy atom. The van der Waals surface area contributed by atoms with Gasteiger partial charge in [0.25, 0.3) is 0 Å². The van der Waals surface area contributed by atoms with E-state index in [2.05, 4.69) is 49.1 Å². The second-order valence-corrected chi connectivity index (χ2v) is 6.53. The van der Waals surface area contributed by atoms with Gasteiger partial charge in [-0.3, -0.25) is 4.98 Å². The number of nitrogens with zero attached hydrogens (tertiary/aromatic N) is 1. The molecule has 112 valence electrons. The van der Waals surface area contributed by atoms with Crippen molar-refractivity contribution in [1.29, 1.82) is 0 Å². The molecule has 1 aromatic carbocycles. The molecule has 2 aromatic rings. The van der Waals surface area contributed by atoms with Crippen molar-refractivity contribution in [2.45, 2.75) is 25.8 Å². The average Bonchev–Trinajstić information content (AvgIpc) is 2.49. The van der Waals surface area contributed by atoms with Crippen LogP contribution in [0.3, 0.4) is 0 Å². The van der Waals surface area contributed by atoms with Crippen molar-refractivity contribution in [2.75, 3.05) is 6.54 Å². The van der Waals surface area contributed by atoms with Crippen LogP contribution in [0.25, 0.3) is 0 Å². The summed E-state index contributed by atoms with van der Waals surface area (Å²) in [5.74, 6) is -0.231. The number of pyridine rings is 1. The lowest BCUT2D eigenvalue weighted by molar-refractivity contribution is 0.514. The van der Waals surface area contributed by atoms with Crippen LogP contribution in [0, 0.1) is 5.82 Å². The molecule has 2 rings (SSSR count). The summed E-state index contributed by atoms with van der Waals surface area (Å²) in [5, 5.41) is 3.48. The zero-order valence-corrected chi connectivity index (χ0v) is 14.9. The van der Waals surface area contributed by atoms with Gasteiger partial charge in [0, 0.05) is 10.7 Å². The highest BCUT2D eigenvalue weighted by Crippen LogP contribution is 2.26. The van der Waals surface area contributed by atoms with Crippen LogP contribution in [-0.2, 0) is 6.42 Å². The highest BCUT2D eigenvalue weighted by molar-refractivity contribution is 9.10. The first-order valence-corrected chi connectivity index (χ1v) is 8.48. The summed E-state index contributed by atoms with van der Waals surface area (Å²) < 4.78 is 15.1. The summed E-state index contributed by atoms with van der Waals surface area (Å²) in [5.41, 5.74) is 1.90. The molecule has 1 atom stereocenters. The zero-order valence-electron chi connectivity index (χ0n) is 11.7. The minimum absolute atomic E-state index is 0.0659. The molecule has 0 fully saturated rings. The van der Waals surface area contributed by atoms with Crippen LogP contribution in [0.1, 0.15) is 30.6 Å². The van der Waals surface area contributed by atoms with E-state index in [1.54, 1.807) is 12.3 Å². The maximum absolute atomic E-state index is 13.6. The molecular weight excluding hydrogens is 399 g/mol. The van der Waals surface area contributed by atoms with Gasteiger partial charge in [-0.2, -0.15) is 0 Å². The van der Waals surface area contributed by atoms with E-state index < -0.39 is 0 Å².